The van der Waals surface area contributed by atoms with Crippen LogP contribution in [0, 0.1) is 11.3 Å². The van der Waals surface area contributed by atoms with Gasteiger partial charge in [0.15, 0.2) is 9.84 Å². The van der Waals surface area contributed by atoms with Gasteiger partial charge in [0.25, 0.3) is 5.91 Å². The van der Waals surface area contributed by atoms with E-state index in [1.54, 1.807) is 35.2 Å². The standard InChI is InChI=1S/C15H16N2O3S/c1-2-8-17(14-7-9-21(19,20)11-14)15(18)13-5-3-12(10-16)4-6-13/h2-6,14H,1,7-9,11H2/t14-/m1/s1. The minimum atomic E-state index is -3.06. The number of nitriles is 1. The predicted octanol–water partition coefficient (Wildman–Crippen LogP) is 1.37. The van der Waals surface area contributed by atoms with E-state index in [0.717, 1.165) is 0 Å². The summed E-state index contributed by atoms with van der Waals surface area (Å²) >= 11 is 0. The van der Waals surface area contributed by atoms with E-state index >= 15 is 0 Å². The van der Waals surface area contributed by atoms with Crippen LogP contribution in [0.25, 0.3) is 0 Å². The summed E-state index contributed by atoms with van der Waals surface area (Å²) in [4.78, 5) is 14.1. The average Bonchev–Trinajstić information content (AvgIpc) is 2.84. The lowest BCUT2D eigenvalue weighted by Crippen LogP contribution is -2.41. The van der Waals surface area contributed by atoms with Crippen LogP contribution >= 0.6 is 0 Å². The van der Waals surface area contributed by atoms with Gasteiger partial charge < -0.3 is 4.90 Å². The Morgan fingerprint density at radius 1 is 1.43 bits per heavy atom. The quantitative estimate of drug-likeness (QED) is 0.787. The molecule has 110 valence electrons. The van der Waals surface area contributed by atoms with Gasteiger partial charge in [-0.15, -0.1) is 6.58 Å². The number of carbonyl (C=O) groups excluding carboxylic acids is 1. The van der Waals surface area contributed by atoms with E-state index in [4.69, 9.17) is 5.26 Å². The van der Waals surface area contributed by atoms with Crippen molar-refractivity contribution >= 4 is 15.7 Å². The molecular formula is C15H16N2O3S. The molecule has 0 aromatic heterocycles. The number of sulfone groups is 1. The van der Waals surface area contributed by atoms with Crippen LogP contribution in [0.5, 0.6) is 0 Å². The third-order valence-corrected chi connectivity index (χ3v) is 5.25. The Morgan fingerprint density at radius 2 is 2.10 bits per heavy atom. The molecule has 6 heteroatoms. The molecule has 1 heterocycles. The van der Waals surface area contributed by atoms with Gasteiger partial charge in [-0.05, 0) is 30.7 Å². The third kappa shape index (κ3) is 3.50. The largest absolute Gasteiger partial charge is 0.331 e. The molecule has 0 unspecified atom stereocenters. The molecule has 0 bridgehead atoms. The minimum Gasteiger partial charge on any atom is -0.331 e. The maximum atomic E-state index is 12.5. The number of nitrogens with zero attached hydrogens (tertiary/aromatic N) is 2. The van der Waals surface area contributed by atoms with Crippen LogP contribution in [-0.2, 0) is 9.84 Å². The predicted molar refractivity (Wildman–Crippen MR) is 79.4 cm³/mol. The molecule has 1 saturated heterocycles. The molecule has 1 amide bonds. The summed E-state index contributed by atoms with van der Waals surface area (Å²) in [7, 11) is -3.06. The number of benzene rings is 1. The molecule has 1 aliphatic rings. The van der Waals surface area contributed by atoms with Crippen molar-refractivity contribution in [2.75, 3.05) is 18.1 Å². The molecule has 1 aromatic rings. The Morgan fingerprint density at radius 3 is 2.57 bits per heavy atom. The molecule has 21 heavy (non-hydrogen) atoms. The van der Waals surface area contributed by atoms with Gasteiger partial charge in [-0.1, -0.05) is 6.08 Å². The highest BCUT2D eigenvalue weighted by Gasteiger charge is 2.34. The van der Waals surface area contributed by atoms with Crippen molar-refractivity contribution in [3.63, 3.8) is 0 Å². The summed E-state index contributed by atoms with van der Waals surface area (Å²) in [5.41, 5.74) is 0.922. The van der Waals surface area contributed by atoms with E-state index in [2.05, 4.69) is 6.58 Å². The van der Waals surface area contributed by atoms with Crippen molar-refractivity contribution in [3.8, 4) is 6.07 Å². The zero-order valence-electron chi connectivity index (χ0n) is 11.5. The molecule has 1 fully saturated rings. The smallest absolute Gasteiger partial charge is 0.254 e. The second-order valence-corrected chi connectivity index (χ2v) is 7.22. The van der Waals surface area contributed by atoms with Gasteiger partial charge >= 0.3 is 0 Å². The van der Waals surface area contributed by atoms with Crippen molar-refractivity contribution in [3.05, 3.63) is 48.0 Å². The second kappa shape index (κ2) is 6.10. The Labute approximate surface area is 124 Å². The Kier molecular flexibility index (Phi) is 4.43. The first-order chi connectivity index (χ1) is 9.96. The highest BCUT2D eigenvalue weighted by molar-refractivity contribution is 7.91. The first-order valence-electron chi connectivity index (χ1n) is 6.59. The van der Waals surface area contributed by atoms with Gasteiger partial charge in [0, 0.05) is 18.2 Å². The van der Waals surface area contributed by atoms with Crippen molar-refractivity contribution < 1.29 is 13.2 Å². The summed E-state index contributed by atoms with van der Waals surface area (Å²) < 4.78 is 23.2. The van der Waals surface area contributed by atoms with Gasteiger partial charge in [-0.3, -0.25) is 4.79 Å². The van der Waals surface area contributed by atoms with Gasteiger partial charge in [-0.25, -0.2) is 8.42 Å². The summed E-state index contributed by atoms with van der Waals surface area (Å²) in [6.07, 6.45) is 2.05. The lowest BCUT2D eigenvalue weighted by Gasteiger charge is -2.27. The molecule has 1 aromatic carbocycles. The monoisotopic (exact) mass is 304 g/mol. The zero-order valence-corrected chi connectivity index (χ0v) is 12.3. The molecular weight excluding hydrogens is 288 g/mol. The Bertz CT molecular complexity index is 687. The van der Waals surface area contributed by atoms with Gasteiger partial charge in [0.2, 0.25) is 0 Å². The van der Waals surface area contributed by atoms with E-state index in [9.17, 15) is 13.2 Å². The third-order valence-electron chi connectivity index (χ3n) is 3.50. The van der Waals surface area contributed by atoms with Gasteiger partial charge in [-0.2, -0.15) is 5.26 Å². The van der Waals surface area contributed by atoms with Gasteiger partial charge in [0.05, 0.1) is 23.1 Å². The maximum absolute atomic E-state index is 12.5. The molecule has 0 spiro atoms. The zero-order chi connectivity index (χ0) is 15.5. The summed E-state index contributed by atoms with van der Waals surface area (Å²) in [6.45, 7) is 3.93. The van der Waals surface area contributed by atoms with Crippen LogP contribution in [0.15, 0.2) is 36.9 Å². The van der Waals surface area contributed by atoms with Crippen LogP contribution in [0.4, 0.5) is 0 Å². The number of hydrogen-bond acceptors (Lipinski definition) is 4. The van der Waals surface area contributed by atoms with Crippen LogP contribution in [0.1, 0.15) is 22.3 Å². The van der Waals surface area contributed by atoms with E-state index in [-0.39, 0.29) is 23.5 Å². The number of amides is 1. The fraction of sp³-hybridized carbons (Fsp3) is 0.333. The highest BCUT2D eigenvalue weighted by Crippen LogP contribution is 2.20. The van der Waals surface area contributed by atoms with Crippen molar-refractivity contribution in [1.82, 2.24) is 4.90 Å². The average molecular weight is 304 g/mol. The van der Waals surface area contributed by atoms with Crippen molar-refractivity contribution in [2.24, 2.45) is 0 Å². The Hall–Kier alpha value is -2.13. The Balaban J connectivity index is 2.23. The number of carbonyl (C=O) groups is 1. The maximum Gasteiger partial charge on any atom is 0.254 e. The van der Waals surface area contributed by atoms with E-state index in [0.29, 0.717) is 24.1 Å². The SMILES string of the molecule is C=CCN(C(=O)c1ccc(C#N)cc1)[C@@H]1CCS(=O)(=O)C1. The molecule has 5 nitrogen and oxygen atoms in total. The number of rotatable bonds is 4. The fourth-order valence-corrected chi connectivity index (χ4v) is 4.14. The second-order valence-electron chi connectivity index (χ2n) is 4.99. The minimum absolute atomic E-state index is 0.00284. The molecule has 0 radical (unpaired) electrons. The number of hydrogen-bond donors (Lipinski definition) is 0. The van der Waals surface area contributed by atoms with Crippen LogP contribution in [-0.4, -0.2) is 43.3 Å². The van der Waals surface area contributed by atoms with E-state index < -0.39 is 9.84 Å². The van der Waals surface area contributed by atoms with E-state index in [1.165, 1.54) is 0 Å². The summed E-state index contributed by atoms with van der Waals surface area (Å²) in [5.74, 6) is -0.115. The molecule has 1 aliphatic heterocycles. The molecule has 2 rings (SSSR count). The van der Waals surface area contributed by atoms with Crippen LogP contribution in [0.3, 0.4) is 0 Å². The van der Waals surface area contributed by atoms with Crippen molar-refractivity contribution in [2.45, 2.75) is 12.5 Å². The van der Waals surface area contributed by atoms with E-state index in [1.807, 2.05) is 6.07 Å². The lowest BCUT2D eigenvalue weighted by atomic mass is 10.1. The lowest BCUT2D eigenvalue weighted by molar-refractivity contribution is 0.0720. The molecule has 0 saturated carbocycles. The first-order valence-corrected chi connectivity index (χ1v) is 8.41. The highest BCUT2D eigenvalue weighted by atomic mass is 32.2. The topological polar surface area (TPSA) is 78.2 Å². The summed E-state index contributed by atoms with van der Waals surface area (Å²) in [5, 5.41) is 8.77. The van der Waals surface area contributed by atoms with Crippen LogP contribution in [0.2, 0.25) is 0 Å². The fourth-order valence-electron chi connectivity index (χ4n) is 2.41. The first kappa shape index (κ1) is 15.3. The van der Waals surface area contributed by atoms with Gasteiger partial charge in [0.1, 0.15) is 0 Å². The van der Waals surface area contributed by atoms with Crippen LogP contribution < -0.4 is 0 Å². The molecule has 0 N–H and O–H groups in total. The molecule has 1 atom stereocenters. The summed E-state index contributed by atoms with van der Waals surface area (Å²) in [6, 6.07) is 8.00. The molecule has 0 aliphatic carbocycles. The van der Waals surface area contributed by atoms with Crippen molar-refractivity contribution in [1.29, 1.82) is 5.26 Å². The normalized spacial score (nSPS) is 19.7.